The average Bonchev–Trinajstić information content (AvgIpc) is 2.64. The van der Waals surface area contributed by atoms with Gasteiger partial charge in [-0.25, -0.2) is 0 Å². The molecule has 0 aliphatic carbocycles. The largest absolute Gasteiger partial charge is 0.492 e. The van der Waals surface area contributed by atoms with Crippen molar-refractivity contribution in [1.82, 2.24) is 0 Å². The van der Waals surface area contributed by atoms with E-state index in [2.05, 4.69) is 17.6 Å². The molecule has 2 aromatic rings. The molecule has 4 heteroatoms. The molecule has 0 saturated heterocycles. The van der Waals surface area contributed by atoms with Crippen molar-refractivity contribution in [3.8, 4) is 5.75 Å². The van der Waals surface area contributed by atoms with Crippen LogP contribution >= 0.6 is 0 Å². The number of unbranched alkanes of at least 4 members (excludes halogenated alkanes) is 2. The highest BCUT2D eigenvalue weighted by Crippen LogP contribution is 2.24. The quantitative estimate of drug-likeness (QED) is 0.650. The number of quaternary nitrogens is 1. The van der Waals surface area contributed by atoms with Crippen LogP contribution in [0.1, 0.15) is 44.7 Å². The Hall–Kier alpha value is -2.33. The number of carbonyl (C=O) groups excluding carboxylic acids is 1. The topological polar surface area (TPSA) is 54.9 Å². The highest BCUT2D eigenvalue weighted by molar-refractivity contribution is 5.95. The summed E-state index contributed by atoms with van der Waals surface area (Å²) in [5.41, 5.74) is 1.74. The first kappa shape index (κ1) is 19.0. The number of ether oxygens (including phenoxy) is 1. The van der Waals surface area contributed by atoms with Crippen LogP contribution in [0.2, 0.25) is 0 Å². The van der Waals surface area contributed by atoms with Gasteiger partial charge in [0.25, 0.3) is 5.91 Å². The van der Waals surface area contributed by atoms with Gasteiger partial charge in [0.2, 0.25) is 0 Å². The number of hydrogen-bond donors (Lipinski definition) is 2. The molecule has 25 heavy (non-hydrogen) atoms. The Morgan fingerprint density at radius 1 is 1.04 bits per heavy atom. The highest BCUT2D eigenvalue weighted by Gasteiger charge is 2.24. The third-order valence-corrected chi connectivity index (χ3v) is 4.10. The van der Waals surface area contributed by atoms with Gasteiger partial charge in [-0.1, -0.05) is 55.8 Å². The molecular weight excluding hydrogens is 312 g/mol. The van der Waals surface area contributed by atoms with Crippen LogP contribution in [0.25, 0.3) is 0 Å². The van der Waals surface area contributed by atoms with Crippen molar-refractivity contribution < 1.29 is 14.8 Å². The summed E-state index contributed by atoms with van der Waals surface area (Å²) in [5, 5.41) is 5.17. The molecule has 0 fully saturated rings. The van der Waals surface area contributed by atoms with E-state index in [1.54, 1.807) is 0 Å². The molecule has 2 aromatic carbocycles. The third-order valence-electron chi connectivity index (χ3n) is 4.10. The number of nitrogens with one attached hydrogen (secondary N) is 1. The standard InChI is InChI=1S/C21H28N2O2/c1-3-5-11-16-22-20(17-12-7-6-8-13-17)21(24)23-18-14-9-10-15-19(18)25-4-2/h6-10,12-15,20,22H,3-5,11,16H2,1-2H3,(H,23,24)/p+1/t20-/m1/s1. The van der Waals surface area contributed by atoms with Crippen molar-refractivity contribution in [2.75, 3.05) is 18.5 Å². The van der Waals surface area contributed by atoms with Gasteiger partial charge in [-0.05, 0) is 31.9 Å². The van der Waals surface area contributed by atoms with Crippen molar-refractivity contribution in [1.29, 1.82) is 0 Å². The van der Waals surface area contributed by atoms with E-state index in [4.69, 9.17) is 4.74 Å². The maximum absolute atomic E-state index is 12.9. The second kappa shape index (κ2) is 10.5. The van der Waals surface area contributed by atoms with Gasteiger partial charge in [0.1, 0.15) is 5.75 Å². The first-order chi connectivity index (χ1) is 12.3. The molecule has 4 nitrogen and oxygen atoms in total. The fourth-order valence-corrected chi connectivity index (χ4v) is 2.80. The molecular formula is C21H29N2O2+. The third kappa shape index (κ3) is 5.91. The van der Waals surface area contributed by atoms with Gasteiger partial charge in [0, 0.05) is 5.56 Å². The zero-order valence-corrected chi connectivity index (χ0v) is 15.2. The normalized spacial score (nSPS) is 11.8. The minimum Gasteiger partial charge on any atom is -0.492 e. The van der Waals surface area contributed by atoms with Gasteiger partial charge < -0.3 is 15.4 Å². The van der Waals surface area contributed by atoms with Gasteiger partial charge in [-0.15, -0.1) is 0 Å². The van der Waals surface area contributed by atoms with Crippen molar-refractivity contribution in [2.45, 2.75) is 39.2 Å². The number of hydrogen-bond acceptors (Lipinski definition) is 2. The first-order valence-electron chi connectivity index (χ1n) is 9.17. The Kier molecular flexibility index (Phi) is 7.99. The fraction of sp³-hybridized carbons (Fsp3) is 0.381. The molecule has 1 amide bonds. The number of carbonyl (C=O) groups is 1. The minimum atomic E-state index is -0.257. The summed E-state index contributed by atoms with van der Waals surface area (Å²) in [7, 11) is 0. The van der Waals surface area contributed by atoms with Crippen molar-refractivity contribution in [3.05, 3.63) is 60.2 Å². The summed E-state index contributed by atoms with van der Waals surface area (Å²) in [6, 6.07) is 17.3. The van der Waals surface area contributed by atoms with E-state index in [1.165, 1.54) is 12.8 Å². The lowest BCUT2D eigenvalue weighted by molar-refractivity contribution is -0.682. The first-order valence-corrected chi connectivity index (χ1v) is 9.17. The van der Waals surface area contributed by atoms with Crippen LogP contribution in [0.3, 0.4) is 0 Å². The summed E-state index contributed by atoms with van der Waals surface area (Å²) in [5.74, 6) is 0.686. The monoisotopic (exact) mass is 341 g/mol. The van der Waals surface area contributed by atoms with Crippen molar-refractivity contribution in [2.24, 2.45) is 0 Å². The van der Waals surface area contributed by atoms with Crippen LogP contribution in [-0.2, 0) is 4.79 Å². The van der Waals surface area contributed by atoms with Gasteiger partial charge in [0.15, 0.2) is 6.04 Å². The lowest BCUT2D eigenvalue weighted by Gasteiger charge is -2.17. The summed E-state index contributed by atoms with van der Waals surface area (Å²) in [4.78, 5) is 12.9. The van der Waals surface area contributed by atoms with Crippen molar-refractivity contribution >= 4 is 11.6 Å². The molecule has 134 valence electrons. The Balaban J connectivity index is 2.12. The van der Waals surface area contributed by atoms with E-state index >= 15 is 0 Å². The Morgan fingerprint density at radius 2 is 1.76 bits per heavy atom. The van der Waals surface area contributed by atoms with E-state index in [0.29, 0.717) is 12.4 Å². The predicted octanol–water partition coefficient (Wildman–Crippen LogP) is 3.52. The SMILES string of the molecule is CCCCC[NH2+][C@@H](C(=O)Nc1ccccc1OCC)c1ccccc1. The number of benzene rings is 2. The highest BCUT2D eigenvalue weighted by atomic mass is 16.5. The number of amides is 1. The minimum absolute atomic E-state index is 0.0187. The molecule has 0 saturated carbocycles. The summed E-state index contributed by atoms with van der Waals surface area (Å²) < 4.78 is 5.61. The molecule has 0 bridgehead atoms. The molecule has 0 aliphatic heterocycles. The fourth-order valence-electron chi connectivity index (χ4n) is 2.80. The average molecular weight is 341 g/mol. The van der Waals surface area contributed by atoms with Gasteiger partial charge in [0.05, 0.1) is 18.8 Å². The smallest absolute Gasteiger partial charge is 0.287 e. The molecule has 1 atom stereocenters. The molecule has 0 heterocycles. The molecule has 0 spiro atoms. The van der Waals surface area contributed by atoms with Crippen LogP contribution in [0, 0.1) is 0 Å². The Morgan fingerprint density at radius 3 is 2.48 bits per heavy atom. The number of para-hydroxylation sites is 2. The molecule has 2 rings (SSSR count). The van der Waals surface area contributed by atoms with Gasteiger partial charge >= 0.3 is 0 Å². The van der Waals surface area contributed by atoms with E-state index in [0.717, 1.165) is 24.2 Å². The van der Waals surface area contributed by atoms with Crippen LogP contribution in [0.5, 0.6) is 5.75 Å². The molecule has 3 N–H and O–H groups in total. The molecule has 0 aliphatic rings. The molecule has 0 radical (unpaired) electrons. The van der Waals surface area contributed by atoms with Crippen LogP contribution in [0.15, 0.2) is 54.6 Å². The number of rotatable bonds is 10. The molecule has 0 aromatic heterocycles. The maximum Gasteiger partial charge on any atom is 0.287 e. The summed E-state index contributed by atoms with van der Waals surface area (Å²) in [6.45, 7) is 5.63. The van der Waals surface area contributed by atoms with Crippen molar-refractivity contribution in [3.63, 3.8) is 0 Å². The number of nitrogens with two attached hydrogens (primary N) is 1. The van der Waals surface area contributed by atoms with E-state index in [9.17, 15) is 4.79 Å². The summed E-state index contributed by atoms with van der Waals surface area (Å²) >= 11 is 0. The number of anilines is 1. The molecule has 0 unspecified atom stereocenters. The maximum atomic E-state index is 12.9. The Bertz CT molecular complexity index is 643. The van der Waals surface area contributed by atoms with E-state index in [-0.39, 0.29) is 11.9 Å². The summed E-state index contributed by atoms with van der Waals surface area (Å²) in [6.07, 6.45) is 3.48. The lowest BCUT2D eigenvalue weighted by atomic mass is 10.1. The van der Waals surface area contributed by atoms with Crippen LogP contribution in [0.4, 0.5) is 5.69 Å². The zero-order valence-electron chi connectivity index (χ0n) is 15.2. The predicted molar refractivity (Wildman–Crippen MR) is 102 cm³/mol. The van der Waals surface area contributed by atoms with E-state index in [1.807, 2.05) is 61.5 Å². The van der Waals surface area contributed by atoms with E-state index < -0.39 is 0 Å². The van der Waals surface area contributed by atoms with Gasteiger partial charge in [-0.2, -0.15) is 0 Å². The van der Waals surface area contributed by atoms with Crippen LogP contribution in [-0.4, -0.2) is 19.1 Å². The second-order valence-electron chi connectivity index (χ2n) is 6.04. The van der Waals surface area contributed by atoms with Crippen LogP contribution < -0.4 is 15.4 Å². The zero-order chi connectivity index (χ0) is 17.9. The Labute approximate surface area is 150 Å². The second-order valence-corrected chi connectivity index (χ2v) is 6.04. The lowest BCUT2D eigenvalue weighted by Crippen LogP contribution is -2.87. The van der Waals surface area contributed by atoms with Gasteiger partial charge in [-0.3, -0.25) is 4.79 Å².